The van der Waals surface area contributed by atoms with E-state index in [0.29, 0.717) is 50.0 Å². The van der Waals surface area contributed by atoms with Crippen molar-refractivity contribution in [2.24, 2.45) is 0 Å². The number of fused-ring (bicyclic) bond motifs is 2. The average molecular weight is 372 g/mol. The Labute approximate surface area is 162 Å². The monoisotopic (exact) mass is 372 g/mol. The molecule has 0 fully saturated rings. The van der Waals surface area contributed by atoms with E-state index >= 15 is 0 Å². The van der Waals surface area contributed by atoms with Crippen molar-refractivity contribution in [1.82, 2.24) is 19.7 Å². The van der Waals surface area contributed by atoms with E-state index < -0.39 is 0 Å². The van der Waals surface area contributed by atoms with E-state index in [4.69, 9.17) is 0 Å². The molecule has 1 aliphatic heterocycles. The highest BCUT2D eigenvalue weighted by Crippen LogP contribution is 2.27. The third-order valence-corrected chi connectivity index (χ3v) is 5.56. The van der Waals surface area contributed by atoms with Crippen LogP contribution >= 0.6 is 0 Å². The van der Waals surface area contributed by atoms with Gasteiger partial charge in [-0.3, -0.25) is 9.59 Å². The molecule has 0 bridgehead atoms. The van der Waals surface area contributed by atoms with E-state index in [0.717, 1.165) is 22.8 Å². The van der Waals surface area contributed by atoms with Gasteiger partial charge in [-0.1, -0.05) is 42.5 Å². The maximum Gasteiger partial charge on any atom is 0.254 e. The van der Waals surface area contributed by atoms with Gasteiger partial charge in [-0.2, -0.15) is 5.10 Å². The molecule has 1 aliphatic carbocycles. The molecule has 0 atom stereocenters. The van der Waals surface area contributed by atoms with E-state index in [2.05, 4.69) is 10.1 Å². The molecule has 6 nitrogen and oxygen atoms in total. The predicted molar refractivity (Wildman–Crippen MR) is 104 cm³/mol. The second kappa shape index (κ2) is 6.71. The molecule has 0 N–H and O–H groups in total. The van der Waals surface area contributed by atoms with Crippen LogP contribution in [0.15, 0.2) is 48.5 Å². The fourth-order valence-electron chi connectivity index (χ4n) is 4.07. The fraction of sp³-hybridized carbons (Fsp3) is 0.273. The Bertz CT molecular complexity index is 1050. The molecular weight excluding hydrogens is 352 g/mol. The Morgan fingerprint density at radius 2 is 1.75 bits per heavy atom. The Morgan fingerprint density at radius 1 is 0.893 bits per heavy atom. The molecule has 6 heteroatoms. The summed E-state index contributed by atoms with van der Waals surface area (Å²) in [5.41, 5.74) is 3.29. The van der Waals surface area contributed by atoms with Gasteiger partial charge in [-0.05, 0) is 18.1 Å². The molecular formula is C22H20N4O2. The zero-order chi connectivity index (χ0) is 19.1. The van der Waals surface area contributed by atoms with Crippen LogP contribution in [0.2, 0.25) is 0 Å². The summed E-state index contributed by atoms with van der Waals surface area (Å²) in [5, 5.41) is 4.64. The van der Waals surface area contributed by atoms with Crippen molar-refractivity contribution in [1.29, 1.82) is 0 Å². The Hall–Kier alpha value is -3.28. The lowest BCUT2D eigenvalue weighted by Gasteiger charge is -2.21. The number of benzene rings is 2. The Balaban J connectivity index is 1.36. The molecule has 0 radical (unpaired) electrons. The van der Waals surface area contributed by atoms with Gasteiger partial charge in [0, 0.05) is 42.6 Å². The number of rotatable bonds is 2. The molecule has 0 saturated heterocycles. The van der Waals surface area contributed by atoms with Gasteiger partial charge in [0.1, 0.15) is 5.82 Å². The van der Waals surface area contributed by atoms with E-state index in [1.165, 1.54) is 0 Å². The zero-order valence-corrected chi connectivity index (χ0v) is 15.5. The highest BCUT2D eigenvalue weighted by Gasteiger charge is 2.28. The lowest BCUT2D eigenvalue weighted by Crippen LogP contribution is -2.34. The number of amides is 1. The van der Waals surface area contributed by atoms with Crippen molar-refractivity contribution in [3.8, 4) is 11.4 Å². The SMILES string of the molecule is O=C1CCc2c1cccc2C(=O)N1CCc2nc(-c3ccccc3)nn2CC1. The molecule has 3 aromatic rings. The summed E-state index contributed by atoms with van der Waals surface area (Å²) in [6.07, 6.45) is 1.83. The molecule has 2 aromatic carbocycles. The number of ketones is 1. The van der Waals surface area contributed by atoms with Crippen LogP contribution in [0, 0.1) is 0 Å². The number of Topliss-reactive ketones (excluding diaryl/α,β-unsaturated/α-hetero) is 1. The molecule has 0 spiro atoms. The first-order valence-corrected chi connectivity index (χ1v) is 9.64. The van der Waals surface area contributed by atoms with E-state index in [1.807, 2.05) is 58.1 Å². The predicted octanol–water partition coefficient (Wildman–Crippen LogP) is 2.77. The van der Waals surface area contributed by atoms with Crippen molar-refractivity contribution in [2.45, 2.75) is 25.8 Å². The summed E-state index contributed by atoms with van der Waals surface area (Å²) in [4.78, 5) is 31.7. The summed E-state index contributed by atoms with van der Waals surface area (Å²) in [7, 11) is 0. The van der Waals surface area contributed by atoms with Crippen LogP contribution in [-0.2, 0) is 19.4 Å². The first kappa shape index (κ1) is 16.9. The van der Waals surface area contributed by atoms with Gasteiger partial charge in [-0.25, -0.2) is 9.67 Å². The van der Waals surface area contributed by atoms with Crippen LogP contribution in [0.25, 0.3) is 11.4 Å². The molecule has 28 heavy (non-hydrogen) atoms. The topological polar surface area (TPSA) is 68.1 Å². The average Bonchev–Trinajstić information content (AvgIpc) is 3.26. The summed E-state index contributed by atoms with van der Waals surface area (Å²) in [5.74, 6) is 1.77. The largest absolute Gasteiger partial charge is 0.336 e. The highest BCUT2D eigenvalue weighted by atomic mass is 16.2. The molecule has 1 amide bonds. The smallest absolute Gasteiger partial charge is 0.254 e. The number of hydrogen-bond acceptors (Lipinski definition) is 4. The minimum atomic E-state index is 0.000543. The molecule has 2 aliphatic rings. The quantitative estimate of drug-likeness (QED) is 0.694. The number of carbonyl (C=O) groups is 2. The summed E-state index contributed by atoms with van der Waals surface area (Å²) in [6.45, 7) is 1.80. The maximum absolute atomic E-state index is 13.1. The minimum Gasteiger partial charge on any atom is -0.336 e. The summed E-state index contributed by atoms with van der Waals surface area (Å²) in [6, 6.07) is 15.4. The van der Waals surface area contributed by atoms with Gasteiger partial charge in [0.2, 0.25) is 0 Å². The minimum absolute atomic E-state index is 0.000543. The van der Waals surface area contributed by atoms with E-state index in [-0.39, 0.29) is 11.7 Å². The number of carbonyl (C=O) groups excluding carboxylic acids is 2. The van der Waals surface area contributed by atoms with Gasteiger partial charge in [0.15, 0.2) is 11.6 Å². The molecule has 140 valence electrons. The number of nitrogens with zero attached hydrogens (tertiary/aromatic N) is 4. The Kier molecular flexibility index (Phi) is 4.04. The second-order valence-electron chi connectivity index (χ2n) is 7.24. The molecule has 1 aromatic heterocycles. The molecule has 5 rings (SSSR count). The Morgan fingerprint density at radius 3 is 2.61 bits per heavy atom. The van der Waals surface area contributed by atoms with Crippen LogP contribution in [0.1, 0.15) is 38.5 Å². The van der Waals surface area contributed by atoms with Gasteiger partial charge < -0.3 is 4.90 Å². The van der Waals surface area contributed by atoms with Crippen molar-refractivity contribution < 1.29 is 9.59 Å². The third kappa shape index (κ3) is 2.81. The van der Waals surface area contributed by atoms with Crippen molar-refractivity contribution in [3.63, 3.8) is 0 Å². The van der Waals surface area contributed by atoms with Gasteiger partial charge >= 0.3 is 0 Å². The first-order chi connectivity index (χ1) is 13.7. The zero-order valence-electron chi connectivity index (χ0n) is 15.5. The molecule has 2 heterocycles. The van der Waals surface area contributed by atoms with Crippen LogP contribution < -0.4 is 0 Å². The lowest BCUT2D eigenvalue weighted by molar-refractivity contribution is 0.0757. The normalized spacial score (nSPS) is 15.9. The van der Waals surface area contributed by atoms with Crippen molar-refractivity contribution in [2.75, 3.05) is 13.1 Å². The van der Waals surface area contributed by atoms with Gasteiger partial charge in [0.25, 0.3) is 5.91 Å². The van der Waals surface area contributed by atoms with Crippen LogP contribution in [0.3, 0.4) is 0 Å². The van der Waals surface area contributed by atoms with Gasteiger partial charge in [0.05, 0.1) is 6.54 Å². The second-order valence-corrected chi connectivity index (χ2v) is 7.24. The van der Waals surface area contributed by atoms with Crippen molar-refractivity contribution >= 4 is 11.7 Å². The van der Waals surface area contributed by atoms with Crippen LogP contribution in [-0.4, -0.2) is 44.4 Å². The van der Waals surface area contributed by atoms with Crippen molar-refractivity contribution in [3.05, 3.63) is 71.0 Å². The maximum atomic E-state index is 13.1. The highest BCUT2D eigenvalue weighted by molar-refractivity contribution is 6.05. The summed E-state index contributed by atoms with van der Waals surface area (Å²) >= 11 is 0. The third-order valence-electron chi connectivity index (χ3n) is 5.56. The first-order valence-electron chi connectivity index (χ1n) is 9.64. The van der Waals surface area contributed by atoms with E-state index in [1.54, 1.807) is 0 Å². The molecule has 0 saturated carbocycles. The molecule has 0 unspecified atom stereocenters. The van der Waals surface area contributed by atoms with Gasteiger partial charge in [-0.15, -0.1) is 0 Å². The van der Waals surface area contributed by atoms with Crippen LogP contribution in [0.5, 0.6) is 0 Å². The van der Waals surface area contributed by atoms with Crippen LogP contribution in [0.4, 0.5) is 0 Å². The number of hydrogen-bond donors (Lipinski definition) is 0. The summed E-state index contributed by atoms with van der Waals surface area (Å²) < 4.78 is 1.91. The fourth-order valence-corrected chi connectivity index (χ4v) is 4.07. The lowest BCUT2D eigenvalue weighted by atomic mass is 10.0. The van der Waals surface area contributed by atoms with E-state index in [9.17, 15) is 9.59 Å². The number of aromatic nitrogens is 3. The standard InChI is InChI=1S/C22H20N4O2/c27-19-10-9-16-17(19)7-4-8-18(16)22(28)25-12-11-20-23-21(24-26(20)14-13-25)15-5-2-1-3-6-15/h1-8H,9-14H2.